The molecule has 0 bridgehead atoms. The van der Waals surface area contributed by atoms with Crippen LogP contribution in [0.3, 0.4) is 0 Å². The number of amides is 2. The van der Waals surface area contributed by atoms with E-state index in [0.29, 0.717) is 30.2 Å². The molecule has 0 radical (unpaired) electrons. The molecule has 0 heterocycles. The second kappa shape index (κ2) is 6.32. The first kappa shape index (κ1) is 16.6. The zero-order valence-electron chi connectivity index (χ0n) is 13.0. The van der Waals surface area contributed by atoms with Gasteiger partial charge >= 0.3 is 0 Å². The molecule has 1 fully saturated rings. The highest BCUT2D eigenvalue weighted by Gasteiger charge is 2.56. The third-order valence-corrected chi connectivity index (χ3v) is 4.05. The minimum atomic E-state index is -1.29. The van der Waals surface area contributed by atoms with Gasteiger partial charge in [0.15, 0.2) is 0 Å². The Bertz CT molecular complexity index is 901. The monoisotopic (exact) mass is 341 g/mol. The van der Waals surface area contributed by atoms with Crippen LogP contribution >= 0.6 is 0 Å². The van der Waals surface area contributed by atoms with Crippen LogP contribution in [0, 0.1) is 28.4 Å². The number of carbonyl (C=O) groups excluding carboxylic acids is 2. The molecule has 3 rings (SSSR count). The lowest BCUT2D eigenvalue weighted by atomic mass is 10.0. The molecule has 2 aromatic rings. The molecule has 0 saturated heterocycles. The highest BCUT2D eigenvalue weighted by atomic mass is 19.1. The molecule has 0 spiro atoms. The number of nitrogens with zero attached hydrogens (tertiary/aromatic N) is 1. The fourth-order valence-corrected chi connectivity index (χ4v) is 2.43. The van der Waals surface area contributed by atoms with Crippen molar-refractivity contribution in [2.45, 2.75) is 12.8 Å². The van der Waals surface area contributed by atoms with Gasteiger partial charge in [0, 0.05) is 11.8 Å². The highest BCUT2D eigenvalue weighted by Crippen LogP contribution is 2.47. The quantitative estimate of drug-likeness (QED) is 0.838. The predicted molar refractivity (Wildman–Crippen MR) is 86.4 cm³/mol. The summed E-state index contributed by atoms with van der Waals surface area (Å²) >= 11 is 0. The standard InChI is InChI=1S/C18H13F2N3O2/c19-12-4-5-15(14(20)9-12)23-17(25)18(6-7-18)16(24)22-13-3-1-2-11(8-13)10-21/h1-5,8-9H,6-7H2,(H,22,24)(H,23,25). The van der Waals surface area contributed by atoms with Gasteiger partial charge in [-0.05, 0) is 43.2 Å². The SMILES string of the molecule is N#Cc1cccc(NC(=O)C2(C(=O)Nc3ccc(F)cc3F)CC2)c1. The number of nitriles is 1. The summed E-state index contributed by atoms with van der Waals surface area (Å²) in [5.41, 5.74) is -0.697. The van der Waals surface area contributed by atoms with Gasteiger partial charge in [-0.15, -0.1) is 0 Å². The molecule has 126 valence electrons. The predicted octanol–water partition coefficient (Wildman–Crippen LogP) is 3.19. The first-order chi connectivity index (χ1) is 11.9. The van der Waals surface area contributed by atoms with Crippen LogP contribution in [0.4, 0.5) is 20.2 Å². The largest absolute Gasteiger partial charge is 0.325 e. The molecule has 2 aromatic carbocycles. The smallest absolute Gasteiger partial charge is 0.240 e. The van der Waals surface area contributed by atoms with Gasteiger partial charge in [0.05, 0.1) is 17.3 Å². The second-order valence-corrected chi connectivity index (χ2v) is 5.81. The van der Waals surface area contributed by atoms with Crippen molar-refractivity contribution < 1.29 is 18.4 Å². The van der Waals surface area contributed by atoms with Crippen molar-refractivity contribution in [1.82, 2.24) is 0 Å². The summed E-state index contributed by atoms with van der Waals surface area (Å²) in [5.74, 6) is -2.84. The number of nitrogens with one attached hydrogen (secondary N) is 2. The van der Waals surface area contributed by atoms with Crippen LogP contribution < -0.4 is 10.6 Å². The molecule has 5 nitrogen and oxygen atoms in total. The normalized spacial score (nSPS) is 14.3. The summed E-state index contributed by atoms with van der Waals surface area (Å²) < 4.78 is 26.6. The van der Waals surface area contributed by atoms with Gasteiger partial charge in [0.25, 0.3) is 0 Å². The summed E-state index contributed by atoms with van der Waals surface area (Å²) in [6.45, 7) is 0. The summed E-state index contributed by atoms with van der Waals surface area (Å²) in [5, 5.41) is 13.8. The number of halogens is 2. The lowest BCUT2D eigenvalue weighted by Gasteiger charge is -2.16. The van der Waals surface area contributed by atoms with E-state index in [1.54, 1.807) is 18.2 Å². The fraction of sp³-hybridized carbons (Fsp3) is 0.167. The van der Waals surface area contributed by atoms with E-state index < -0.39 is 28.9 Å². The first-order valence-electron chi connectivity index (χ1n) is 7.53. The minimum Gasteiger partial charge on any atom is -0.325 e. The third kappa shape index (κ3) is 3.33. The number of hydrogen-bond acceptors (Lipinski definition) is 3. The summed E-state index contributed by atoms with van der Waals surface area (Å²) in [6, 6.07) is 11.0. The minimum absolute atomic E-state index is 0.183. The van der Waals surface area contributed by atoms with Crippen LogP contribution in [0.2, 0.25) is 0 Å². The first-order valence-corrected chi connectivity index (χ1v) is 7.53. The zero-order chi connectivity index (χ0) is 18.0. The second-order valence-electron chi connectivity index (χ2n) is 5.81. The van der Waals surface area contributed by atoms with E-state index in [1.165, 1.54) is 6.07 Å². The Morgan fingerprint density at radius 2 is 1.76 bits per heavy atom. The summed E-state index contributed by atoms with van der Waals surface area (Å²) in [6.07, 6.45) is 0.650. The van der Waals surface area contributed by atoms with E-state index >= 15 is 0 Å². The Labute approximate surface area is 142 Å². The van der Waals surface area contributed by atoms with E-state index in [9.17, 15) is 18.4 Å². The molecule has 0 aliphatic heterocycles. The van der Waals surface area contributed by atoms with Crippen molar-refractivity contribution in [2.24, 2.45) is 5.41 Å². The highest BCUT2D eigenvalue weighted by molar-refractivity contribution is 6.16. The molecule has 1 aliphatic rings. The van der Waals surface area contributed by atoms with Crippen LogP contribution in [0.25, 0.3) is 0 Å². The van der Waals surface area contributed by atoms with Gasteiger partial charge in [-0.2, -0.15) is 5.26 Å². The van der Waals surface area contributed by atoms with Crippen molar-refractivity contribution in [2.75, 3.05) is 10.6 Å². The number of benzene rings is 2. The number of anilines is 2. The van der Waals surface area contributed by atoms with E-state index in [1.807, 2.05) is 6.07 Å². The van der Waals surface area contributed by atoms with Crippen molar-refractivity contribution in [3.8, 4) is 6.07 Å². The van der Waals surface area contributed by atoms with E-state index in [4.69, 9.17) is 5.26 Å². The molecule has 0 atom stereocenters. The average Bonchev–Trinajstić information content (AvgIpc) is 3.39. The summed E-state index contributed by atoms with van der Waals surface area (Å²) in [7, 11) is 0. The average molecular weight is 341 g/mol. The molecule has 0 aromatic heterocycles. The van der Waals surface area contributed by atoms with Crippen LogP contribution in [-0.2, 0) is 9.59 Å². The molecule has 0 unspecified atom stereocenters. The molecule has 1 saturated carbocycles. The van der Waals surface area contributed by atoms with Crippen molar-refractivity contribution in [3.63, 3.8) is 0 Å². The fourth-order valence-electron chi connectivity index (χ4n) is 2.43. The lowest BCUT2D eigenvalue weighted by Crippen LogP contribution is -2.35. The van der Waals surface area contributed by atoms with Crippen LogP contribution in [0.1, 0.15) is 18.4 Å². The molecule has 2 N–H and O–H groups in total. The van der Waals surface area contributed by atoms with Gasteiger partial charge in [0.1, 0.15) is 17.0 Å². The van der Waals surface area contributed by atoms with Gasteiger partial charge in [-0.3, -0.25) is 9.59 Å². The topological polar surface area (TPSA) is 82.0 Å². The molecular weight excluding hydrogens is 328 g/mol. The maximum Gasteiger partial charge on any atom is 0.240 e. The van der Waals surface area contributed by atoms with Crippen molar-refractivity contribution in [1.29, 1.82) is 5.26 Å². The van der Waals surface area contributed by atoms with Gasteiger partial charge < -0.3 is 10.6 Å². The molecule has 2 amide bonds. The summed E-state index contributed by atoms with van der Waals surface area (Å²) in [4.78, 5) is 24.9. The third-order valence-electron chi connectivity index (χ3n) is 4.05. The van der Waals surface area contributed by atoms with Gasteiger partial charge in [-0.25, -0.2) is 8.78 Å². The van der Waals surface area contributed by atoms with Crippen molar-refractivity contribution in [3.05, 3.63) is 59.7 Å². The van der Waals surface area contributed by atoms with E-state index in [2.05, 4.69) is 10.6 Å². The number of carbonyl (C=O) groups is 2. The van der Waals surface area contributed by atoms with Crippen LogP contribution in [0.15, 0.2) is 42.5 Å². The Kier molecular flexibility index (Phi) is 4.19. The Morgan fingerprint density at radius 3 is 2.40 bits per heavy atom. The number of rotatable bonds is 4. The van der Waals surface area contributed by atoms with E-state index in [-0.39, 0.29) is 5.69 Å². The zero-order valence-corrected chi connectivity index (χ0v) is 13.0. The number of hydrogen-bond donors (Lipinski definition) is 2. The Morgan fingerprint density at radius 1 is 1.04 bits per heavy atom. The maximum atomic E-state index is 13.7. The molecule has 25 heavy (non-hydrogen) atoms. The van der Waals surface area contributed by atoms with Crippen LogP contribution in [0.5, 0.6) is 0 Å². The van der Waals surface area contributed by atoms with E-state index in [0.717, 1.165) is 12.1 Å². The maximum absolute atomic E-state index is 13.7. The molecular formula is C18H13F2N3O2. The Balaban J connectivity index is 1.73. The van der Waals surface area contributed by atoms with Gasteiger partial charge in [0.2, 0.25) is 11.8 Å². The Hall–Kier alpha value is -3.27. The van der Waals surface area contributed by atoms with Crippen LogP contribution in [-0.4, -0.2) is 11.8 Å². The van der Waals surface area contributed by atoms with Crippen molar-refractivity contribution >= 4 is 23.2 Å². The lowest BCUT2D eigenvalue weighted by molar-refractivity contribution is -0.131. The molecule has 1 aliphatic carbocycles. The molecule has 7 heteroatoms. The van der Waals surface area contributed by atoms with Gasteiger partial charge in [-0.1, -0.05) is 6.07 Å².